The van der Waals surface area contributed by atoms with E-state index in [9.17, 15) is 9.18 Å². The second-order valence-electron chi connectivity index (χ2n) is 8.23. The summed E-state index contributed by atoms with van der Waals surface area (Å²) in [6.45, 7) is 4.80. The Morgan fingerprint density at radius 1 is 1.07 bits per heavy atom. The van der Waals surface area contributed by atoms with Crippen molar-refractivity contribution in [3.63, 3.8) is 0 Å². The van der Waals surface area contributed by atoms with Crippen molar-refractivity contribution in [2.45, 2.75) is 24.9 Å². The van der Waals surface area contributed by atoms with Gasteiger partial charge in [-0.25, -0.2) is 9.82 Å². The van der Waals surface area contributed by atoms with E-state index in [1.165, 1.54) is 24.2 Å². The number of benzene rings is 1. The third-order valence-corrected chi connectivity index (χ3v) is 6.37. The quantitative estimate of drug-likeness (QED) is 0.869. The molecule has 1 aromatic carbocycles. The molecule has 27 heavy (non-hydrogen) atoms. The van der Waals surface area contributed by atoms with Gasteiger partial charge in [0.2, 0.25) is 0 Å². The summed E-state index contributed by atoms with van der Waals surface area (Å²) in [5.41, 5.74) is 9.10. The standard InChI is InChI=1S/C21H25FN4O/c22-18-6-4-15(5-7-18)21-17(9-23-24-21)13-25-10-14-8-16(12-25)19-2-1-3-20(27)26(19)11-14/h1-7,14,16-17,21,23-24H,8-13H2/t14-,16+,17?,21?/m1/s1. The molecule has 4 heterocycles. The van der Waals surface area contributed by atoms with Crippen LogP contribution < -0.4 is 16.4 Å². The van der Waals surface area contributed by atoms with Gasteiger partial charge in [-0.05, 0) is 36.1 Å². The largest absolute Gasteiger partial charge is 0.312 e. The van der Waals surface area contributed by atoms with Gasteiger partial charge in [0, 0.05) is 56.3 Å². The van der Waals surface area contributed by atoms with Gasteiger partial charge in [0.25, 0.3) is 5.56 Å². The minimum absolute atomic E-state index is 0.135. The molecule has 2 saturated heterocycles. The molecule has 2 fully saturated rings. The maximum Gasteiger partial charge on any atom is 0.250 e. The lowest BCUT2D eigenvalue weighted by atomic mass is 9.82. The number of hydrogen-bond acceptors (Lipinski definition) is 4. The zero-order valence-electron chi connectivity index (χ0n) is 15.3. The zero-order valence-corrected chi connectivity index (χ0v) is 15.3. The molecule has 2 unspecified atom stereocenters. The van der Waals surface area contributed by atoms with Crippen LogP contribution in [0.3, 0.4) is 0 Å². The first-order chi connectivity index (χ1) is 13.2. The van der Waals surface area contributed by atoms with E-state index >= 15 is 0 Å². The highest BCUT2D eigenvalue weighted by atomic mass is 19.1. The first-order valence-electron chi connectivity index (χ1n) is 9.83. The molecule has 0 saturated carbocycles. The smallest absolute Gasteiger partial charge is 0.250 e. The molecule has 5 rings (SSSR count). The number of nitrogens with zero attached hydrogens (tertiary/aromatic N) is 2. The fourth-order valence-corrected chi connectivity index (χ4v) is 5.21. The van der Waals surface area contributed by atoms with Crippen molar-refractivity contribution in [3.8, 4) is 0 Å². The molecule has 2 bridgehead atoms. The molecule has 1 aromatic heterocycles. The summed E-state index contributed by atoms with van der Waals surface area (Å²) in [7, 11) is 0. The van der Waals surface area contributed by atoms with Gasteiger partial charge < -0.3 is 9.47 Å². The molecule has 2 aromatic rings. The Morgan fingerprint density at radius 2 is 1.93 bits per heavy atom. The third kappa shape index (κ3) is 3.22. The van der Waals surface area contributed by atoms with Crippen LogP contribution in [0.4, 0.5) is 4.39 Å². The number of pyridine rings is 1. The van der Waals surface area contributed by atoms with E-state index in [0.717, 1.165) is 38.3 Å². The van der Waals surface area contributed by atoms with Gasteiger partial charge in [-0.2, -0.15) is 0 Å². The van der Waals surface area contributed by atoms with Crippen LogP contribution in [0.25, 0.3) is 0 Å². The van der Waals surface area contributed by atoms with Crippen molar-refractivity contribution < 1.29 is 4.39 Å². The number of likely N-dealkylation sites (tertiary alicyclic amines) is 1. The normalized spacial score (nSPS) is 30.3. The summed E-state index contributed by atoms with van der Waals surface area (Å²) >= 11 is 0. The lowest BCUT2D eigenvalue weighted by Crippen LogP contribution is -2.48. The van der Waals surface area contributed by atoms with E-state index in [0.29, 0.717) is 17.8 Å². The van der Waals surface area contributed by atoms with E-state index in [1.54, 1.807) is 6.07 Å². The molecule has 2 N–H and O–H groups in total. The summed E-state index contributed by atoms with van der Waals surface area (Å²) in [6, 6.07) is 12.7. The predicted octanol–water partition coefficient (Wildman–Crippen LogP) is 1.87. The number of nitrogens with one attached hydrogen (secondary N) is 2. The van der Waals surface area contributed by atoms with Gasteiger partial charge in [-0.3, -0.25) is 10.2 Å². The predicted molar refractivity (Wildman–Crippen MR) is 102 cm³/mol. The Labute approximate surface area is 158 Å². The molecule has 0 amide bonds. The SMILES string of the molecule is O=c1cccc2n1C[C@@H]1C[C@H]2CN(CC2CNNC2c2ccc(F)cc2)C1. The van der Waals surface area contributed by atoms with Gasteiger partial charge in [0.05, 0.1) is 6.04 Å². The molecule has 5 nitrogen and oxygen atoms in total. The van der Waals surface area contributed by atoms with Crippen molar-refractivity contribution >= 4 is 0 Å². The average molecular weight is 368 g/mol. The highest BCUT2D eigenvalue weighted by Crippen LogP contribution is 2.36. The molecule has 142 valence electrons. The van der Waals surface area contributed by atoms with Crippen LogP contribution in [0, 0.1) is 17.7 Å². The summed E-state index contributed by atoms with van der Waals surface area (Å²) in [5, 5.41) is 0. The van der Waals surface area contributed by atoms with Crippen LogP contribution in [-0.2, 0) is 6.54 Å². The van der Waals surface area contributed by atoms with Crippen molar-refractivity contribution in [2.75, 3.05) is 26.2 Å². The van der Waals surface area contributed by atoms with Gasteiger partial charge in [-0.15, -0.1) is 0 Å². The summed E-state index contributed by atoms with van der Waals surface area (Å²) < 4.78 is 15.2. The summed E-state index contributed by atoms with van der Waals surface area (Å²) in [6.07, 6.45) is 1.18. The van der Waals surface area contributed by atoms with Gasteiger partial charge >= 0.3 is 0 Å². The summed E-state index contributed by atoms with van der Waals surface area (Å²) in [4.78, 5) is 14.8. The number of rotatable bonds is 3. The molecule has 0 radical (unpaired) electrons. The van der Waals surface area contributed by atoms with Gasteiger partial charge in [0.15, 0.2) is 0 Å². The lowest BCUT2D eigenvalue weighted by molar-refractivity contribution is 0.104. The minimum Gasteiger partial charge on any atom is -0.312 e. The monoisotopic (exact) mass is 368 g/mol. The van der Waals surface area contributed by atoms with Crippen LogP contribution >= 0.6 is 0 Å². The number of fused-ring (bicyclic) bond motifs is 4. The number of hydrazine groups is 1. The number of aromatic nitrogens is 1. The van der Waals surface area contributed by atoms with E-state index in [2.05, 4.69) is 21.8 Å². The maximum atomic E-state index is 13.3. The number of halogens is 1. The Kier molecular flexibility index (Phi) is 4.34. The van der Waals surface area contributed by atoms with Crippen molar-refractivity contribution in [1.82, 2.24) is 20.3 Å². The summed E-state index contributed by atoms with van der Waals surface area (Å²) in [5.74, 6) is 1.23. The van der Waals surface area contributed by atoms with E-state index < -0.39 is 0 Å². The van der Waals surface area contributed by atoms with Gasteiger partial charge in [0.1, 0.15) is 5.82 Å². The molecule has 3 aliphatic heterocycles. The van der Waals surface area contributed by atoms with Crippen LogP contribution in [0.15, 0.2) is 47.3 Å². The number of hydrogen-bond donors (Lipinski definition) is 2. The van der Waals surface area contributed by atoms with Crippen molar-refractivity contribution in [2.24, 2.45) is 11.8 Å². The number of piperidine rings is 1. The second-order valence-corrected chi connectivity index (χ2v) is 8.23. The van der Waals surface area contributed by atoms with Crippen LogP contribution in [0.5, 0.6) is 0 Å². The fourth-order valence-electron chi connectivity index (χ4n) is 5.21. The first-order valence-corrected chi connectivity index (χ1v) is 9.83. The van der Waals surface area contributed by atoms with Crippen LogP contribution in [-0.4, -0.2) is 35.6 Å². The molecule has 0 spiro atoms. The minimum atomic E-state index is -0.195. The Bertz CT molecular complexity index is 880. The van der Waals surface area contributed by atoms with Crippen LogP contribution in [0.1, 0.15) is 29.6 Å². The van der Waals surface area contributed by atoms with Crippen LogP contribution in [0.2, 0.25) is 0 Å². The molecule has 0 aliphatic carbocycles. The zero-order chi connectivity index (χ0) is 18.4. The first kappa shape index (κ1) is 17.1. The van der Waals surface area contributed by atoms with E-state index in [4.69, 9.17) is 0 Å². The van der Waals surface area contributed by atoms with E-state index in [1.807, 2.05) is 22.8 Å². The lowest BCUT2D eigenvalue weighted by Gasteiger charge is -2.43. The molecule has 3 aliphatic rings. The highest BCUT2D eigenvalue weighted by molar-refractivity contribution is 5.22. The second kappa shape index (κ2) is 6.86. The topological polar surface area (TPSA) is 49.3 Å². The maximum absolute atomic E-state index is 13.3. The Hall–Kier alpha value is -2.02. The molecular formula is C21H25FN4O. The van der Waals surface area contributed by atoms with Crippen molar-refractivity contribution in [3.05, 3.63) is 69.9 Å². The fraction of sp³-hybridized carbons (Fsp3) is 0.476. The molecule has 6 heteroatoms. The molecule has 4 atom stereocenters. The van der Waals surface area contributed by atoms with Gasteiger partial charge in [-0.1, -0.05) is 18.2 Å². The average Bonchev–Trinajstić information content (AvgIpc) is 3.11. The molecular weight excluding hydrogens is 343 g/mol. The Balaban J connectivity index is 1.32. The third-order valence-electron chi connectivity index (χ3n) is 6.37. The highest BCUT2D eigenvalue weighted by Gasteiger charge is 2.37. The van der Waals surface area contributed by atoms with Crippen molar-refractivity contribution in [1.29, 1.82) is 0 Å². The Morgan fingerprint density at radius 3 is 2.78 bits per heavy atom. The van der Waals surface area contributed by atoms with E-state index in [-0.39, 0.29) is 17.4 Å².